The van der Waals surface area contributed by atoms with E-state index in [4.69, 9.17) is 9.72 Å². The van der Waals surface area contributed by atoms with Crippen LogP contribution in [0.15, 0.2) is 30.6 Å². The fourth-order valence-corrected chi connectivity index (χ4v) is 6.55. The summed E-state index contributed by atoms with van der Waals surface area (Å²) in [6.07, 6.45) is 8.28. The maximum atomic E-state index is 13.1. The van der Waals surface area contributed by atoms with Gasteiger partial charge in [-0.1, -0.05) is 13.0 Å². The Bertz CT molecular complexity index is 1310. The van der Waals surface area contributed by atoms with E-state index in [1.165, 1.54) is 29.0 Å². The number of Topliss-reactive ketones (excluding diaryl/α,β-unsaturated/α-hetero) is 1. The Hall–Kier alpha value is -3.33. The molecule has 0 radical (unpaired) electrons. The number of nitrogens with zero attached hydrogens (tertiary/aromatic N) is 5. The van der Waals surface area contributed by atoms with Gasteiger partial charge in [-0.15, -0.1) is 11.3 Å². The van der Waals surface area contributed by atoms with Crippen LogP contribution in [-0.4, -0.2) is 59.5 Å². The average molecular weight is 548 g/mol. The van der Waals surface area contributed by atoms with Crippen molar-refractivity contribution in [1.29, 1.82) is 0 Å². The monoisotopic (exact) mass is 547 g/mol. The van der Waals surface area contributed by atoms with E-state index in [-0.39, 0.29) is 24.1 Å². The SMILES string of the molecule is CCOC(=O)C1CCN(c2cnc(C(=O)Cc3nc(-c4ccc(N5CCCC5)c(C)c4)c(CC)s3)cn2)CC1. The number of piperidine rings is 1. The van der Waals surface area contributed by atoms with E-state index in [2.05, 4.69) is 51.8 Å². The van der Waals surface area contributed by atoms with Gasteiger partial charge in [0.15, 0.2) is 5.78 Å². The van der Waals surface area contributed by atoms with E-state index in [9.17, 15) is 9.59 Å². The lowest BCUT2D eigenvalue weighted by molar-refractivity contribution is -0.148. The lowest BCUT2D eigenvalue weighted by Gasteiger charge is -2.31. The Morgan fingerprint density at radius 3 is 2.44 bits per heavy atom. The first kappa shape index (κ1) is 27.2. The van der Waals surface area contributed by atoms with Gasteiger partial charge in [-0.3, -0.25) is 9.59 Å². The maximum absolute atomic E-state index is 13.1. The molecule has 0 unspecified atom stereocenters. The average Bonchev–Trinajstić information content (AvgIpc) is 3.64. The lowest BCUT2D eigenvalue weighted by atomic mass is 9.97. The fourth-order valence-electron chi connectivity index (χ4n) is 5.52. The van der Waals surface area contributed by atoms with Crippen LogP contribution < -0.4 is 9.80 Å². The largest absolute Gasteiger partial charge is 0.466 e. The van der Waals surface area contributed by atoms with Crippen molar-refractivity contribution in [2.75, 3.05) is 42.6 Å². The highest BCUT2D eigenvalue weighted by molar-refractivity contribution is 7.12. The smallest absolute Gasteiger partial charge is 0.309 e. The van der Waals surface area contributed by atoms with Gasteiger partial charge in [0.05, 0.1) is 37.0 Å². The molecule has 5 rings (SSSR count). The van der Waals surface area contributed by atoms with E-state index in [1.54, 1.807) is 23.7 Å². The minimum absolute atomic E-state index is 0.0573. The van der Waals surface area contributed by atoms with Crippen molar-refractivity contribution in [3.63, 3.8) is 0 Å². The molecule has 2 fully saturated rings. The number of ketones is 1. The number of aromatic nitrogens is 3. The summed E-state index contributed by atoms with van der Waals surface area (Å²) in [7, 11) is 0. The van der Waals surface area contributed by atoms with Crippen LogP contribution in [0.4, 0.5) is 11.5 Å². The first-order valence-electron chi connectivity index (χ1n) is 14.1. The molecule has 8 nitrogen and oxygen atoms in total. The number of esters is 1. The zero-order valence-corrected chi connectivity index (χ0v) is 23.9. The highest BCUT2D eigenvalue weighted by Crippen LogP contribution is 2.33. The van der Waals surface area contributed by atoms with Crippen LogP contribution in [0.25, 0.3) is 11.3 Å². The van der Waals surface area contributed by atoms with Gasteiger partial charge < -0.3 is 14.5 Å². The number of hydrogen-bond acceptors (Lipinski definition) is 9. The molecule has 2 aliphatic heterocycles. The molecule has 9 heteroatoms. The number of thiazole rings is 1. The lowest BCUT2D eigenvalue weighted by Crippen LogP contribution is -2.37. The minimum Gasteiger partial charge on any atom is -0.466 e. The van der Waals surface area contributed by atoms with Gasteiger partial charge in [-0.25, -0.2) is 15.0 Å². The van der Waals surface area contributed by atoms with E-state index in [1.807, 2.05) is 6.92 Å². The third-order valence-electron chi connectivity index (χ3n) is 7.65. The quantitative estimate of drug-likeness (QED) is 0.264. The molecule has 39 heavy (non-hydrogen) atoms. The number of ether oxygens (including phenoxy) is 1. The number of carbonyl (C=O) groups excluding carboxylic acids is 2. The van der Waals surface area contributed by atoms with Gasteiger partial charge in [0, 0.05) is 42.3 Å². The topological polar surface area (TPSA) is 88.5 Å². The second-order valence-electron chi connectivity index (χ2n) is 10.3. The van der Waals surface area contributed by atoms with Crippen molar-refractivity contribution in [2.24, 2.45) is 5.92 Å². The second-order valence-corrected chi connectivity index (χ2v) is 11.5. The van der Waals surface area contributed by atoms with Gasteiger partial charge in [0.1, 0.15) is 16.5 Å². The molecule has 2 aromatic heterocycles. The Labute approximate surface area is 234 Å². The molecular weight excluding hydrogens is 510 g/mol. The van der Waals surface area contributed by atoms with Gasteiger partial charge in [0.2, 0.25) is 0 Å². The van der Waals surface area contributed by atoms with Crippen LogP contribution in [0.5, 0.6) is 0 Å². The molecule has 0 aliphatic carbocycles. The molecule has 206 valence electrons. The summed E-state index contributed by atoms with van der Waals surface area (Å²) in [6, 6.07) is 6.61. The Balaban J connectivity index is 1.23. The van der Waals surface area contributed by atoms with Gasteiger partial charge >= 0.3 is 5.97 Å². The summed E-state index contributed by atoms with van der Waals surface area (Å²) in [6.45, 7) is 10.2. The number of aryl methyl sites for hydroxylation is 2. The summed E-state index contributed by atoms with van der Waals surface area (Å²) < 4.78 is 5.15. The van der Waals surface area contributed by atoms with E-state index in [0.717, 1.165) is 54.4 Å². The summed E-state index contributed by atoms with van der Waals surface area (Å²) >= 11 is 1.61. The third-order valence-corrected chi connectivity index (χ3v) is 8.85. The molecule has 0 bridgehead atoms. The second kappa shape index (κ2) is 12.2. The molecule has 2 aliphatic rings. The van der Waals surface area contributed by atoms with Crippen molar-refractivity contribution >= 4 is 34.6 Å². The van der Waals surface area contributed by atoms with E-state index in [0.29, 0.717) is 25.4 Å². The molecule has 2 saturated heterocycles. The van der Waals surface area contributed by atoms with Crippen LogP contribution >= 0.6 is 11.3 Å². The normalized spacial score (nSPS) is 16.1. The van der Waals surface area contributed by atoms with Crippen molar-refractivity contribution in [3.05, 3.63) is 51.7 Å². The van der Waals surface area contributed by atoms with Crippen LogP contribution in [0, 0.1) is 12.8 Å². The molecule has 0 N–H and O–H groups in total. The molecule has 0 saturated carbocycles. The number of anilines is 2. The first-order valence-corrected chi connectivity index (χ1v) is 14.9. The predicted molar refractivity (Wildman–Crippen MR) is 155 cm³/mol. The minimum atomic E-state index is -0.116. The number of rotatable bonds is 9. The number of benzene rings is 1. The molecule has 0 amide bonds. The molecular formula is C30H37N5O3S. The van der Waals surface area contributed by atoms with Crippen molar-refractivity contribution in [2.45, 2.75) is 59.3 Å². The van der Waals surface area contributed by atoms with Crippen molar-refractivity contribution in [3.8, 4) is 11.3 Å². The van der Waals surface area contributed by atoms with Gasteiger partial charge in [0.25, 0.3) is 0 Å². The molecule has 3 aromatic rings. The third kappa shape index (κ3) is 6.13. The molecule has 0 atom stereocenters. The zero-order chi connectivity index (χ0) is 27.4. The highest BCUT2D eigenvalue weighted by Gasteiger charge is 2.27. The van der Waals surface area contributed by atoms with Crippen LogP contribution in [0.2, 0.25) is 0 Å². The van der Waals surface area contributed by atoms with Crippen molar-refractivity contribution < 1.29 is 14.3 Å². The van der Waals surface area contributed by atoms with E-state index < -0.39 is 0 Å². The summed E-state index contributed by atoms with van der Waals surface area (Å²) in [5.41, 5.74) is 5.01. The molecule has 4 heterocycles. The van der Waals surface area contributed by atoms with Crippen LogP contribution in [0.3, 0.4) is 0 Å². The van der Waals surface area contributed by atoms with Gasteiger partial charge in [-0.05, 0) is 63.6 Å². The fraction of sp³-hybridized carbons (Fsp3) is 0.500. The van der Waals surface area contributed by atoms with E-state index >= 15 is 0 Å². The maximum Gasteiger partial charge on any atom is 0.309 e. The number of carbonyl (C=O) groups is 2. The zero-order valence-electron chi connectivity index (χ0n) is 23.1. The van der Waals surface area contributed by atoms with Crippen LogP contribution in [0.1, 0.15) is 65.5 Å². The van der Waals surface area contributed by atoms with Gasteiger partial charge in [-0.2, -0.15) is 0 Å². The molecule has 0 spiro atoms. The van der Waals surface area contributed by atoms with Crippen molar-refractivity contribution in [1.82, 2.24) is 15.0 Å². The summed E-state index contributed by atoms with van der Waals surface area (Å²) in [5, 5.41) is 0.806. The summed E-state index contributed by atoms with van der Waals surface area (Å²) in [5.74, 6) is 0.470. The Morgan fingerprint density at radius 1 is 1.03 bits per heavy atom. The Kier molecular flexibility index (Phi) is 8.55. The standard InChI is InChI=1S/C30H37N5O3S/c1-4-26-29(22-8-9-24(20(3)16-22)34-12-6-7-13-34)33-28(39-26)17-25(36)23-18-32-27(19-31-23)35-14-10-21(11-15-35)30(37)38-5-2/h8-9,16,18-19,21H,4-7,10-15,17H2,1-3H3. The molecule has 1 aromatic carbocycles. The Morgan fingerprint density at radius 2 is 1.79 bits per heavy atom. The van der Waals surface area contributed by atoms with Crippen LogP contribution in [-0.2, 0) is 22.4 Å². The summed E-state index contributed by atoms with van der Waals surface area (Å²) in [4.78, 5) is 44.7. The number of hydrogen-bond donors (Lipinski definition) is 0. The predicted octanol–water partition coefficient (Wildman–Crippen LogP) is 5.28. The highest BCUT2D eigenvalue weighted by atomic mass is 32.1. The first-order chi connectivity index (χ1) is 19.0.